The van der Waals surface area contributed by atoms with Crippen LogP contribution in [0.1, 0.15) is 10.4 Å². The topological polar surface area (TPSA) is 90.0 Å². The molecule has 0 radical (unpaired) electrons. The molecule has 5 aromatic carbocycles. The third-order valence-electron chi connectivity index (χ3n) is 6.72. The van der Waals surface area contributed by atoms with Crippen LogP contribution < -0.4 is 10.9 Å². The lowest BCUT2D eigenvalue weighted by Crippen LogP contribution is -2.11. The highest BCUT2D eigenvalue weighted by atomic mass is 16.4. The molecule has 1 N–H and O–H groups in total. The molecule has 7 aromatic rings. The zero-order valence-corrected chi connectivity index (χ0v) is 20.5. The zero-order chi connectivity index (χ0) is 26.3. The van der Waals surface area contributed by atoms with Gasteiger partial charge in [0.2, 0.25) is 0 Å². The molecule has 2 aromatic heterocycles. The molecular weight excluding hydrogens is 488 g/mol. The molecule has 0 spiro atoms. The summed E-state index contributed by atoms with van der Waals surface area (Å²) >= 11 is 0. The Labute approximate surface area is 221 Å². The molecule has 7 nitrogen and oxygen atoms in total. The Morgan fingerprint density at radius 2 is 1.46 bits per heavy atom. The molecule has 0 aliphatic carbocycles. The average Bonchev–Trinajstić information content (AvgIpc) is 3.40. The maximum absolute atomic E-state index is 13.0. The van der Waals surface area contributed by atoms with Crippen molar-refractivity contribution in [2.24, 2.45) is 0 Å². The van der Waals surface area contributed by atoms with Crippen molar-refractivity contribution in [1.82, 2.24) is 15.0 Å². The van der Waals surface area contributed by atoms with Gasteiger partial charge in [-0.15, -0.1) is 15.0 Å². The fraction of sp³-hybridized carbons (Fsp3) is 0. The molecule has 7 rings (SSSR count). The number of rotatable bonds is 4. The van der Waals surface area contributed by atoms with Crippen LogP contribution in [-0.2, 0) is 0 Å². The second-order valence-electron chi connectivity index (χ2n) is 9.21. The first-order chi connectivity index (χ1) is 19.1. The second kappa shape index (κ2) is 9.08. The first kappa shape index (κ1) is 22.6. The highest BCUT2D eigenvalue weighted by Gasteiger charge is 2.12. The normalized spacial score (nSPS) is 11.3. The number of hydrogen-bond acceptors (Lipinski definition) is 5. The fourth-order valence-electron chi connectivity index (χ4n) is 4.75. The summed E-state index contributed by atoms with van der Waals surface area (Å²) in [5.41, 5.74) is 4.58. The number of anilines is 1. The summed E-state index contributed by atoms with van der Waals surface area (Å²) in [6.45, 7) is 0. The van der Waals surface area contributed by atoms with Crippen molar-refractivity contribution >= 4 is 44.4 Å². The standard InChI is InChI=1S/C32H20N4O3/c37-31(22-14-12-21(13-15-22)26-18-23-7-2-4-11-30(23)39-32(26)38)33-24-16-17-27-28(19-24)35-36(34-27)29-10-5-8-20-6-1-3-9-25(20)29/h1-19H,(H,33,37). The molecule has 186 valence electrons. The van der Waals surface area contributed by atoms with Gasteiger partial charge >= 0.3 is 5.63 Å². The monoisotopic (exact) mass is 508 g/mol. The zero-order valence-electron chi connectivity index (χ0n) is 20.5. The number of nitrogens with one attached hydrogen (secondary N) is 1. The predicted octanol–water partition coefficient (Wildman–Crippen LogP) is 6.60. The van der Waals surface area contributed by atoms with Crippen LogP contribution in [0.5, 0.6) is 0 Å². The molecule has 39 heavy (non-hydrogen) atoms. The van der Waals surface area contributed by atoms with E-state index < -0.39 is 5.63 Å². The quantitative estimate of drug-likeness (QED) is 0.271. The van der Waals surface area contributed by atoms with Gasteiger partial charge in [0.15, 0.2) is 0 Å². The van der Waals surface area contributed by atoms with E-state index in [9.17, 15) is 9.59 Å². The minimum absolute atomic E-state index is 0.270. The van der Waals surface area contributed by atoms with Crippen LogP contribution in [-0.4, -0.2) is 20.9 Å². The Morgan fingerprint density at radius 3 is 2.33 bits per heavy atom. The van der Waals surface area contributed by atoms with Gasteiger partial charge in [0.25, 0.3) is 5.91 Å². The molecule has 1 amide bonds. The summed E-state index contributed by atoms with van der Waals surface area (Å²) in [7, 11) is 0. The Balaban J connectivity index is 1.14. The van der Waals surface area contributed by atoms with Crippen LogP contribution in [0.4, 0.5) is 5.69 Å². The van der Waals surface area contributed by atoms with Crippen LogP contribution in [0.3, 0.4) is 0 Å². The molecule has 2 heterocycles. The van der Waals surface area contributed by atoms with Crippen LogP contribution in [0.2, 0.25) is 0 Å². The summed E-state index contributed by atoms with van der Waals surface area (Å²) in [6, 6.07) is 35.6. The maximum atomic E-state index is 13.0. The van der Waals surface area contributed by atoms with Crippen LogP contribution in [0.15, 0.2) is 124 Å². The Kier molecular flexibility index (Phi) is 5.26. The smallest absolute Gasteiger partial charge is 0.344 e. The molecule has 0 bridgehead atoms. The molecule has 0 saturated carbocycles. The number of nitrogens with zero attached hydrogens (tertiary/aromatic N) is 3. The second-order valence-corrected chi connectivity index (χ2v) is 9.21. The number of para-hydroxylation sites is 1. The molecular formula is C32H20N4O3. The fourth-order valence-corrected chi connectivity index (χ4v) is 4.75. The van der Waals surface area contributed by atoms with E-state index in [4.69, 9.17) is 4.42 Å². The third kappa shape index (κ3) is 4.12. The van der Waals surface area contributed by atoms with Crippen LogP contribution in [0, 0.1) is 0 Å². The van der Waals surface area contributed by atoms with Crippen molar-refractivity contribution in [3.63, 3.8) is 0 Å². The highest BCUT2D eigenvalue weighted by molar-refractivity contribution is 6.05. The predicted molar refractivity (Wildman–Crippen MR) is 152 cm³/mol. The number of amides is 1. The number of benzene rings is 5. The average molecular weight is 509 g/mol. The SMILES string of the molecule is O=C(Nc1ccc2nn(-c3cccc4ccccc34)nc2c1)c1ccc(-c2cc3ccccc3oc2=O)cc1. The summed E-state index contributed by atoms with van der Waals surface area (Å²) in [5.74, 6) is -0.270. The third-order valence-corrected chi connectivity index (χ3v) is 6.72. The van der Waals surface area contributed by atoms with Crippen molar-refractivity contribution in [3.8, 4) is 16.8 Å². The lowest BCUT2D eigenvalue weighted by molar-refractivity contribution is 0.102. The minimum Gasteiger partial charge on any atom is -0.422 e. The van der Waals surface area contributed by atoms with Crippen molar-refractivity contribution < 1.29 is 9.21 Å². The van der Waals surface area contributed by atoms with Gasteiger partial charge in [-0.2, -0.15) is 0 Å². The molecule has 0 atom stereocenters. The molecule has 0 saturated heterocycles. The number of hydrogen-bond donors (Lipinski definition) is 1. The Morgan fingerprint density at radius 1 is 0.718 bits per heavy atom. The van der Waals surface area contributed by atoms with Gasteiger partial charge < -0.3 is 9.73 Å². The summed E-state index contributed by atoms with van der Waals surface area (Å²) < 4.78 is 5.44. The van der Waals surface area contributed by atoms with Gasteiger partial charge in [0.05, 0.1) is 11.3 Å². The van der Waals surface area contributed by atoms with E-state index in [0.717, 1.165) is 27.4 Å². The van der Waals surface area contributed by atoms with Gasteiger partial charge in [0, 0.05) is 22.0 Å². The largest absolute Gasteiger partial charge is 0.422 e. The Bertz CT molecular complexity index is 2090. The van der Waals surface area contributed by atoms with E-state index in [0.29, 0.717) is 33.5 Å². The van der Waals surface area contributed by atoms with E-state index in [1.165, 1.54) is 0 Å². The molecule has 0 aliphatic heterocycles. The lowest BCUT2D eigenvalue weighted by Gasteiger charge is -2.07. The summed E-state index contributed by atoms with van der Waals surface area (Å²) in [6.07, 6.45) is 0. The number of carbonyl (C=O) groups is 1. The van der Waals surface area contributed by atoms with Gasteiger partial charge in [-0.3, -0.25) is 4.79 Å². The van der Waals surface area contributed by atoms with E-state index in [1.807, 2.05) is 54.6 Å². The maximum Gasteiger partial charge on any atom is 0.344 e. The number of carbonyl (C=O) groups excluding carboxylic acids is 1. The van der Waals surface area contributed by atoms with Crippen molar-refractivity contribution in [1.29, 1.82) is 0 Å². The molecule has 0 fully saturated rings. The minimum atomic E-state index is -0.421. The molecule has 0 aliphatic rings. The van der Waals surface area contributed by atoms with E-state index >= 15 is 0 Å². The van der Waals surface area contributed by atoms with E-state index in [2.05, 4.69) is 27.6 Å². The highest BCUT2D eigenvalue weighted by Crippen LogP contribution is 2.25. The first-order valence-corrected chi connectivity index (χ1v) is 12.4. The first-order valence-electron chi connectivity index (χ1n) is 12.4. The van der Waals surface area contributed by atoms with E-state index in [-0.39, 0.29) is 5.91 Å². The lowest BCUT2D eigenvalue weighted by atomic mass is 10.0. The van der Waals surface area contributed by atoms with Crippen LogP contribution in [0.25, 0.3) is 49.6 Å². The molecule has 0 unspecified atom stereocenters. The van der Waals surface area contributed by atoms with Crippen molar-refractivity contribution in [3.05, 3.63) is 131 Å². The number of fused-ring (bicyclic) bond motifs is 3. The molecule has 7 heteroatoms. The summed E-state index contributed by atoms with van der Waals surface area (Å²) in [5, 5.41) is 15.2. The summed E-state index contributed by atoms with van der Waals surface area (Å²) in [4.78, 5) is 27.1. The Hall–Kier alpha value is -5.56. The number of aromatic nitrogens is 3. The van der Waals surface area contributed by atoms with Gasteiger partial charge in [-0.25, -0.2) is 4.79 Å². The van der Waals surface area contributed by atoms with Crippen LogP contribution >= 0.6 is 0 Å². The van der Waals surface area contributed by atoms with Crippen molar-refractivity contribution in [2.75, 3.05) is 5.32 Å². The van der Waals surface area contributed by atoms with Gasteiger partial charge in [-0.1, -0.05) is 66.7 Å². The van der Waals surface area contributed by atoms with Crippen molar-refractivity contribution in [2.45, 2.75) is 0 Å². The van der Waals surface area contributed by atoms with Gasteiger partial charge in [0.1, 0.15) is 16.6 Å². The van der Waals surface area contributed by atoms with Gasteiger partial charge in [-0.05, 0) is 59.5 Å². The van der Waals surface area contributed by atoms with E-state index in [1.54, 1.807) is 53.3 Å².